The molecule has 5 heteroatoms. The largest absolute Gasteiger partial charge is 0.465 e. The van der Waals surface area contributed by atoms with E-state index >= 15 is 0 Å². The molecule has 4 nitrogen and oxygen atoms in total. The van der Waals surface area contributed by atoms with Crippen LogP contribution >= 0.6 is 11.8 Å². The zero-order valence-corrected chi connectivity index (χ0v) is 18.0. The van der Waals surface area contributed by atoms with Crippen molar-refractivity contribution in [2.75, 3.05) is 0 Å². The number of aliphatic hydroxyl groups is 1. The van der Waals surface area contributed by atoms with Crippen LogP contribution in [-0.2, 0) is 4.75 Å². The summed E-state index contributed by atoms with van der Waals surface area (Å²) >= 11 is 1.73. The molecule has 3 atom stereocenters. The number of hydrogen-bond acceptors (Lipinski definition) is 3. The first-order valence-electron chi connectivity index (χ1n) is 10.6. The summed E-state index contributed by atoms with van der Waals surface area (Å²) in [6.45, 7) is 0. The van der Waals surface area contributed by atoms with E-state index in [1.807, 2.05) is 54.6 Å². The summed E-state index contributed by atoms with van der Waals surface area (Å²) in [4.78, 5) is 11.2. The molecule has 1 saturated carbocycles. The molecule has 160 valence electrons. The van der Waals surface area contributed by atoms with Gasteiger partial charge in [-0.15, -0.1) is 11.8 Å². The van der Waals surface area contributed by atoms with Crippen LogP contribution in [0, 0.1) is 0 Å². The summed E-state index contributed by atoms with van der Waals surface area (Å²) in [5.74, 6) is 0. The first-order valence-corrected chi connectivity index (χ1v) is 11.5. The van der Waals surface area contributed by atoms with Gasteiger partial charge in [0.05, 0.1) is 10.9 Å². The second kappa shape index (κ2) is 9.58. The smallest absolute Gasteiger partial charge is 0.404 e. The van der Waals surface area contributed by atoms with Crippen LogP contribution in [0.5, 0.6) is 0 Å². The topological polar surface area (TPSA) is 69.6 Å². The number of carboxylic acid groups (broad SMARTS) is 1. The van der Waals surface area contributed by atoms with Gasteiger partial charge in [0.15, 0.2) is 0 Å². The minimum Gasteiger partial charge on any atom is -0.465 e. The highest BCUT2D eigenvalue weighted by Crippen LogP contribution is 2.52. The van der Waals surface area contributed by atoms with E-state index in [0.29, 0.717) is 19.3 Å². The zero-order chi connectivity index (χ0) is 21.7. The van der Waals surface area contributed by atoms with Gasteiger partial charge in [0, 0.05) is 11.3 Å². The molecule has 31 heavy (non-hydrogen) atoms. The highest BCUT2D eigenvalue weighted by atomic mass is 32.2. The second-order valence-electron chi connectivity index (χ2n) is 7.96. The van der Waals surface area contributed by atoms with Gasteiger partial charge in [0.2, 0.25) is 0 Å². The fraction of sp³-hybridized carbons (Fsp3) is 0.269. The van der Waals surface area contributed by atoms with E-state index in [-0.39, 0.29) is 11.3 Å². The van der Waals surface area contributed by atoms with Crippen molar-refractivity contribution in [2.45, 2.75) is 41.4 Å². The van der Waals surface area contributed by atoms with Gasteiger partial charge >= 0.3 is 6.09 Å². The summed E-state index contributed by atoms with van der Waals surface area (Å²) < 4.78 is -0.527. The van der Waals surface area contributed by atoms with Crippen molar-refractivity contribution in [3.8, 4) is 0 Å². The van der Waals surface area contributed by atoms with Gasteiger partial charge in [-0.2, -0.15) is 0 Å². The Morgan fingerprint density at radius 3 is 1.68 bits per heavy atom. The molecule has 3 aromatic carbocycles. The number of thioether (sulfide) groups is 1. The normalized spacial score (nSPS) is 21.4. The van der Waals surface area contributed by atoms with Crippen molar-refractivity contribution >= 4 is 17.9 Å². The maximum atomic E-state index is 11.2. The Balaban J connectivity index is 1.83. The van der Waals surface area contributed by atoms with E-state index in [0.717, 1.165) is 16.7 Å². The van der Waals surface area contributed by atoms with E-state index in [9.17, 15) is 15.0 Å². The Morgan fingerprint density at radius 1 is 0.806 bits per heavy atom. The lowest BCUT2D eigenvalue weighted by molar-refractivity contribution is 0.120. The van der Waals surface area contributed by atoms with Crippen LogP contribution in [0.4, 0.5) is 4.79 Å². The predicted molar refractivity (Wildman–Crippen MR) is 125 cm³/mol. The van der Waals surface area contributed by atoms with Gasteiger partial charge in [-0.3, -0.25) is 0 Å². The number of hydrogen-bond donors (Lipinski definition) is 3. The zero-order valence-electron chi connectivity index (χ0n) is 17.2. The number of aliphatic hydroxyl groups excluding tert-OH is 1. The molecule has 1 fully saturated rings. The predicted octanol–water partition coefficient (Wildman–Crippen LogP) is 5.26. The molecule has 3 N–H and O–H groups in total. The van der Waals surface area contributed by atoms with Crippen molar-refractivity contribution in [1.29, 1.82) is 0 Å². The van der Waals surface area contributed by atoms with Crippen molar-refractivity contribution in [1.82, 2.24) is 5.32 Å². The average molecular weight is 434 g/mol. The van der Waals surface area contributed by atoms with Crippen LogP contribution in [0.1, 0.15) is 36.0 Å². The molecule has 0 spiro atoms. The van der Waals surface area contributed by atoms with E-state index in [2.05, 4.69) is 41.7 Å². The average Bonchev–Trinajstić information content (AvgIpc) is 2.81. The Labute approximate surface area is 187 Å². The van der Waals surface area contributed by atoms with Crippen LogP contribution in [0.15, 0.2) is 91.0 Å². The third-order valence-corrected chi connectivity index (χ3v) is 7.82. The van der Waals surface area contributed by atoms with E-state index < -0.39 is 16.9 Å². The maximum Gasteiger partial charge on any atom is 0.404 e. The molecule has 0 radical (unpaired) electrons. The molecule has 0 aromatic heterocycles. The van der Waals surface area contributed by atoms with Gasteiger partial charge in [-0.05, 0) is 36.0 Å². The molecule has 0 bridgehead atoms. The minimum atomic E-state index is -1.01. The van der Waals surface area contributed by atoms with Crippen molar-refractivity contribution in [3.05, 3.63) is 108 Å². The first-order chi connectivity index (χ1) is 15.1. The van der Waals surface area contributed by atoms with Crippen LogP contribution in [0.25, 0.3) is 0 Å². The molecule has 0 unspecified atom stereocenters. The molecule has 1 aliphatic rings. The SMILES string of the molecule is O=C(O)N[C@@H]1CC[C@H](O)[C@@H](SC(c2ccccc2)(c2ccccc2)c2ccccc2)C1. The van der Waals surface area contributed by atoms with E-state index in [4.69, 9.17) is 0 Å². The summed E-state index contributed by atoms with van der Waals surface area (Å²) in [7, 11) is 0. The fourth-order valence-electron chi connectivity index (χ4n) is 4.50. The van der Waals surface area contributed by atoms with Crippen molar-refractivity contribution < 1.29 is 15.0 Å². The number of benzene rings is 3. The van der Waals surface area contributed by atoms with E-state index in [1.54, 1.807) is 11.8 Å². The van der Waals surface area contributed by atoms with Gasteiger partial charge in [0.1, 0.15) is 0 Å². The molecule has 1 amide bonds. The highest BCUT2D eigenvalue weighted by Gasteiger charge is 2.42. The lowest BCUT2D eigenvalue weighted by atomic mass is 9.84. The molecule has 1 aliphatic carbocycles. The quantitative estimate of drug-likeness (QED) is 0.464. The molecular weight excluding hydrogens is 406 g/mol. The molecular formula is C26H27NO3S. The van der Waals surface area contributed by atoms with Gasteiger partial charge in [-0.1, -0.05) is 91.0 Å². The summed E-state index contributed by atoms with van der Waals surface area (Å²) in [5, 5.41) is 22.6. The van der Waals surface area contributed by atoms with Crippen LogP contribution in [0.3, 0.4) is 0 Å². The third kappa shape index (κ3) is 4.63. The monoisotopic (exact) mass is 433 g/mol. The number of carbonyl (C=O) groups is 1. The molecule has 0 saturated heterocycles. The standard InChI is InChI=1S/C26H27NO3S/c28-23-17-16-22(27-25(29)30)18-24(23)31-26(19-10-4-1-5-11-19,20-12-6-2-7-13-20)21-14-8-3-9-15-21/h1-15,22-24,27-28H,16-18H2,(H,29,30)/t22-,23+,24+/m1/s1. The summed E-state index contributed by atoms with van der Waals surface area (Å²) in [6, 6.07) is 30.9. The molecule has 0 aliphatic heterocycles. The molecule has 0 heterocycles. The van der Waals surface area contributed by atoms with Gasteiger partial charge in [0.25, 0.3) is 0 Å². The lowest BCUT2D eigenvalue weighted by Crippen LogP contribution is -2.45. The van der Waals surface area contributed by atoms with Crippen molar-refractivity contribution in [2.24, 2.45) is 0 Å². The first kappa shape index (κ1) is 21.5. The number of amides is 1. The summed E-state index contributed by atoms with van der Waals surface area (Å²) in [5.41, 5.74) is 3.41. The number of nitrogens with one attached hydrogen (secondary N) is 1. The van der Waals surface area contributed by atoms with Gasteiger partial charge in [-0.25, -0.2) is 4.79 Å². The van der Waals surface area contributed by atoms with Gasteiger partial charge < -0.3 is 15.5 Å². The second-order valence-corrected chi connectivity index (χ2v) is 9.42. The van der Waals surface area contributed by atoms with Crippen LogP contribution in [-0.4, -0.2) is 33.7 Å². The number of rotatable bonds is 6. The highest BCUT2D eigenvalue weighted by molar-refractivity contribution is 8.01. The van der Waals surface area contributed by atoms with E-state index in [1.165, 1.54) is 0 Å². The van der Waals surface area contributed by atoms with Crippen molar-refractivity contribution in [3.63, 3.8) is 0 Å². The Bertz CT molecular complexity index is 885. The van der Waals surface area contributed by atoms with Crippen LogP contribution < -0.4 is 5.32 Å². The molecule has 3 aromatic rings. The molecule has 4 rings (SSSR count). The Morgan fingerprint density at radius 2 is 1.26 bits per heavy atom. The third-order valence-electron chi connectivity index (χ3n) is 5.95. The fourth-order valence-corrected chi connectivity index (χ4v) is 6.39. The maximum absolute atomic E-state index is 11.2. The summed E-state index contributed by atoms with van der Waals surface area (Å²) in [6.07, 6.45) is 0.320. The lowest BCUT2D eigenvalue weighted by Gasteiger charge is -2.42. The Hall–Kier alpha value is -2.76. The minimum absolute atomic E-state index is 0.119. The Kier molecular flexibility index (Phi) is 6.64. The van der Waals surface area contributed by atoms with Crippen LogP contribution in [0.2, 0.25) is 0 Å².